The van der Waals surface area contributed by atoms with E-state index in [1.165, 1.54) is 69.3 Å². The lowest BCUT2D eigenvalue weighted by atomic mass is 9.95. The van der Waals surface area contributed by atoms with E-state index in [-0.39, 0.29) is 6.04 Å². The van der Waals surface area contributed by atoms with Crippen LogP contribution in [-0.4, -0.2) is 16.2 Å². The van der Waals surface area contributed by atoms with E-state index in [9.17, 15) is 0 Å². The molecule has 1 aliphatic heterocycles. The van der Waals surface area contributed by atoms with Gasteiger partial charge in [-0.05, 0) is 46.2 Å². The monoisotopic (exact) mass is 527 g/mol. The van der Waals surface area contributed by atoms with Crippen molar-refractivity contribution in [2.45, 2.75) is 6.04 Å². The van der Waals surface area contributed by atoms with E-state index in [0.717, 1.165) is 17.2 Å². The zero-order chi connectivity index (χ0) is 25.9. The molecule has 0 saturated heterocycles. The van der Waals surface area contributed by atoms with Crippen LogP contribution in [0.25, 0.3) is 69.3 Å². The Bertz CT molecular complexity index is 2460. The lowest BCUT2D eigenvalue weighted by molar-refractivity contribution is 1.09. The zero-order valence-electron chi connectivity index (χ0n) is 21.3. The summed E-state index contributed by atoms with van der Waals surface area (Å²) in [6.07, 6.45) is 8.51. The third-order valence-electron chi connectivity index (χ3n) is 8.71. The minimum atomic E-state index is 0.0738. The number of rotatable bonds is 1. The Morgan fingerprint density at radius 1 is 0.700 bits per heavy atom. The molecule has 10 rings (SSSR count). The van der Waals surface area contributed by atoms with E-state index in [1.807, 2.05) is 11.3 Å². The molecule has 8 aromatic rings. The summed E-state index contributed by atoms with van der Waals surface area (Å²) in [7, 11) is 0. The second kappa shape index (κ2) is 7.38. The van der Waals surface area contributed by atoms with E-state index in [0.29, 0.717) is 0 Å². The Labute approximate surface area is 233 Å². The molecule has 186 valence electrons. The van der Waals surface area contributed by atoms with Gasteiger partial charge in [-0.2, -0.15) is 0 Å². The van der Waals surface area contributed by atoms with Crippen molar-refractivity contribution < 1.29 is 0 Å². The molecule has 3 aromatic heterocycles. The predicted molar refractivity (Wildman–Crippen MR) is 172 cm³/mol. The van der Waals surface area contributed by atoms with E-state index >= 15 is 0 Å². The largest absolute Gasteiger partial charge is 0.357 e. The van der Waals surface area contributed by atoms with Crippen molar-refractivity contribution in [2.24, 2.45) is 4.99 Å². The van der Waals surface area contributed by atoms with Crippen LogP contribution < -0.4 is 5.32 Å². The van der Waals surface area contributed by atoms with Gasteiger partial charge in [0.15, 0.2) is 0 Å². The number of anilines is 1. The standard InChI is InChI=1S/C36H21N3S/c1-2-10-22-20(8-1)9-7-12-23(22)21-18-27-25-16-17-26-24-11-3-6-15-31(24)40-35(26)34(25)39-33(27)28(19-21)32-36(39)38-30-14-5-4-13-29(30)37-32/h1-19,30,38H. The number of thiophene rings is 1. The fraction of sp³-hybridized carbons (Fsp3) is 0.0278. The lowest BCUT2D eigenvalue weighted by Crippen LogP contribution is -2.30. The van der Waals surface area contributed by atoms with E-state index in [2.05, 4.69) is 125 Å². The highest BCUT2D eigenvalue weighted by Crippen LogP contribution is 2.51. The van der Waals surface area contributed by atoms with Gasteiger partial charge >= 0.3 is 0 Å². The van der Waals surface area contributed by atoms with Crippen molar-refractivity contribution in [2.75, 3.05) is 5.32 Å². The van der Waals surface area contributed by atoms with Gasteiger partial charge < -0.3 is 5.32 Å². The van der Waals surface area contributed by atoms with Gasteiger partial charge in [0.05, 0.1) is 27.5 Å². The van der Waals surface area contributed by atoms with E-state index in [1.54, 1.807) is 0 Å². The lowest BCUT2D eigenvalue weighted by Gasteiger charge is -2.23. The number of aliphatic imine (C=N–C) groups is 1. The molecule has 0 fully saturated rings. The summed E-state index contributed by atoms with van der Waals surface area (Å²) in [5.74, 6) is 1.09. The van der Waals surface area contributed by atoms with Crippen molar-refractivity contribution in [3.05, 3.63) is 115 Å². The average molecular weight is 528 g/mol. The molecule has 4 heterocycles. The molecular formula is C36H21N3S. The van der Waals surface area contributed by atoms with Crippen LogP contribution in [0.1, 0.15) is 0 Å². The molecule has 1 atom stereocenters. The maximum Gasteiger partial charge on any atom is 0.139 e. The molecule has 1 aliphatic carbocycles. The first-order valence-electron chi connectivity index (χ1n) is 13.7. The summed E-state index contributed by atoms with van der Waals surface area (Å²) >= 11 is 1.89. The smallest absolute Gasteiger partial charge is 0.139 e. The molecular weight excluding hydrogens is 506 g/mol. The summed E-state index contributed by atoms with van der Waals surface area (Å²) in [4.78, 5) is 5.28. The van der Waals surface area contributed by atoms with Gasteiger partial charge in [0.25, 0.3) is 0 Å². The normalized spacial score (nSPS) is 16.4. The molecule has 1 unspecified atom stereocenters. The zero-order valence-corrected chi connectivity index (χ0v) is 22.2. The molecule has 40 heavy (non-hydrogen) atoms. The molecule has 0 radical (unpaired) electrons. The first-order chi connectivity index (χ1) is 19.8. The quantitative estimate of drug-likeness (QED) is 0.226. The minimum Gasteiger partial charge on any atom is -0.357 e. The van der Waals surface area contributed by atoms with Crippen LogP contribution in [0.2, 0.25) is 0 Å². The highest BCUT2D eigenvalue weighted by Gasteiger charge is 2.30. The van der Waals surface area contributed by atoms with Crippen molar-refractivity contribution in [3.8, 4) is 11.1 Å². The van der Waals surface area contributed by atoms with Gasteiger partial charge in [0, 0.05) is 31.6 Å². The number of benzene rings is 5. The van der Waals surface area contributed by atoms with Gasteiger partial charge in [0.1, 0.15) is 11.5 Å². The number of fused-ring (bicyclic) bond motifs is 12. The number of hydrogen-bond acceptors (Lipinski definition) is 3. The summed E-state index contributed by atoms with van der Waals surface area (Å²) in [5, 5.41) is 12.8. The van der Waals surface area contributed by atoms with E-state index in [4.69, 9.17) is 4.99 Å². The third-order valence-corrected chi connectivity index (χ3v) is 9.90. The molecule has 0 spiro atoms. The van der Waals surface area contributed by atoms with Crippen LogP contribution in [0.4, 0.5) is 11.5 Å². The van der Waals surface area contributed by atoms with Crippen LogP contribution in [0.15, 0.2) is 120 Å². The van der Waals surface area contributed by atoms with Crippen molar-refractivity contribution in [3.63, 3.8) is 0 Å². The van der Waals surface area contributed by atoms with Crippen LogP contribution in [0, 0.1) is 0 Å². The maximum absolute atomic E-state index is 5.28. The number of nitrogens with one attached hydrogen (secondary N) is 1. The molecule has 5 aromatic carbocycles. The van der Waals surface area contributed by atoms with Gasteiger partial charge in [-0.3, -0.25) is 4.40 Å². The molecule has 3 nitrogen and oxygen atoms in total. The first-order valence-corrected chi connectivity index (χ1v) is 14.5. The Balaban J connectivity index is 1.41. The second-order valence-corrected chi connectivity index (χ2v) is 11.9. The Hall–Kier alpha value is -4.93. The highest BCUT2D eigenvalue weighted by molar-refractivity contribution is 7.26. The Kier molecular flexibility index (Phi) is 3.87. The fourth-order valence-electron chi connectivity index (χ4n) is 6.96. The SMILES string of the molecule is C1=CC2=Nc3c(n4c5c3cc(-c3cccc6ccccc36)cc5c3ccc5c6ccccc6sc5c34)NC2C=C1. The molecule has 0 amide bonds. The van der Waals surface area contributed by atoms with Crippen LogP contribution >= 0.6 is 11.3 Å². The molecule has 1 N–H and O–H groups in total. The summed E-state index contributed by atoms with van der Waals surface area (Å²) < 4.78 is 5.12. The molecule has 0 saturated carbocycles. The molecule has 2 aliphatic rings. The minimum absolute atomic E-state index is 0.0738. The van der Waals surface area contributed by atoms with Gasteiger partial charge in [-0.25, -0.2) is 4.99 Å². The topological polar surface area (TPSA) is 28.8 Å². The number of hydrogen-bond donors (Lipinski definition) is 1. The second-order valence-electron chi connectivity index (χ2n) is 10.8. The van der Waals surface area contributed by atoms with Gasteiger partial charge in [-0.15, -0.1) is 11.3 Å². The molecule has 0 bridgehead atoms. The summed E-state index contributed by atoms with van der Waals surface area (Å²) in [5.41, 5.74) is 7.10. The summed E-state index contributed by atoms with van der Waals surface area (Å²) in [6, 6.07) is 33.5. The number of nitrogens with zero attached hydrogens (tertiary/aromatic N) is 2. The van der Waals surface area contributed by atoms with Gasteiger partial charge in [-0.1, -0.05) is 91.0 Å². The van der Waals surface area contributed by atoms with Crippen LogP contribution in [0.3, 0.4) is 0 Å². The average Bonchev–Trinajstić information content (AvgIpc) is 3.65. The Morgan fingerprint density at radius 2 is 1.52 bits per heavy atom. The highest BCUT2D eigenvalue weighted by atomic mass is 32.1. The van der Waals surface area contributed by atoms with Gasteiger partial charge in [0.2, 0.25) is 0 Å². The molecule has 4 heteroatoms. The van der Waals surface area contributed by atoms with Crippen LogP contribution in [0.5, 0.6) is 0 Å². The summed E-state index contributed by atoms with van der Waals surface area (Å²) in [6.45, 7) is 0. The first kappa shape index (κ1) is 21.0. The fourth-order valence-corrected chi connectivity index (χ4v) is 8.20. The maximum atomic E-state index is 5.28. The predicted octanol–water partition coefficient (Wildman–Crippen LogP) is 9.86. The van der Waals surface area contributed by atoms with Crippen molar-refractivity contribution in [1.82, 2.24) is 4.40 Å². The van der Waals surface area contributed by atoms with Crippen molar-refractivity contribution >= 4 is 86.7 Å². The number of allylic oxidation sites excluding steroid dienone is 2. The van der Waals surface area contributed by atoms with Crippen molar-refractivity contribution in [1.29, 1.82) is 0 Å². The Morgan fingerprint density at radius 3 is 2.50 bits per heavy atom. The van der Waals surface area contributed by atoms with E-state index < -0.39 is 0 Å². The number of aromatic nitrogens is 1. The van der Waals surface area contributed by atoms with Crippen LogP contribution in [-0.2, 0) is 0 Å². The third kappa shape index (κ3) is 2.57.